The zero-order valence-corrected chi connectivity index (χ0v) is 14.2. The van der Waals surface area contributed by atoms with Crippen LogP contribution in [0, 0.1) is 0 Å². The van der Waals surface area contributed by atoms with E-state index in [1.165, 1.54) is 22.5 Å². The summed E-state index contributed by atoms with van der Waals surface area (Å²) in [4.78, 5) is 11.4. The zero-order valence-electron chi connectivity index (χ0n) is 13.4. The molecule has 0 saturated heterocycles. The number of carbonyl (C=O) groups is 1. The van der Waals surface area contributed by atoms with Crippen LogP contribution in [0.2, 0.25) is 0 Å². The summed E-state index contributed by atoms with van der Waals surface area (Å²) in [5.41, 5.74) is 1.26. The van der Waals surface area contributed by atoms with Gasteiger partial charge in [-0.3, -0.25) is 4.79 Å². The van der Waals surface area contributed by atoms with Gasteiger partial charge in [0.15, 0.2) is 6.61 Å². The van der Waals surface area contributed by atoms with Crippen molar-refractivity contribution < 1.29 is 23.1 Å². The van der Waals surface area contributed by atoms with Crippen LogP contribution in [0.5, 0.6) is 5.75 Å². The van der Waals surface area contributed by atoms with Crippen molar-refractivity contribution in [3.05, 3.63) is 54.1 Å². The third-order valence-corrected chi connectivity index (χ3v) is 5.62. The molecular weight excluding hydrogens is 344 g/mol. The normalized spacial score (nSPS) is 13.9. The molecule has 0 aliphatic carbocycles. The highest BCUT2D eigenvalue weighted by molar-refractivity contribution is 7.89. The van der Waals surface area contributed by atoms with Crippen molar-refractivity contribution in [2.24, 2.45) is 0 Å². The maximum atomic E-state index is 12.9. The lowest BCUT2D eigenvalue weighted by Gasteiger charge is -2.23. The first kappa shape index (κ1) is 17.4. The predicted molar refractivity (Wildman–Crippen MR) is 91.7 cm³/mol. The summed E-state index contributed by atoms with van der Waals surface area (Å²) in [6.07, 6.45) is 0. The smallest absolute Gasteiger partial charge is 0.262 e. The Bertz CT molecular complexity index is 868. The van der Waals surface area contributed by atoms with Crippen LogP contribution in [-0.4, -0.2) is 43.5 Å². The number of carbonyl (C=O) groups excluding carboxylic acids is 1. The molecule has 2 N–H and O–H groups in total. The van der Waals surface area contributed by atoms with Crippen LogP contribution in [0.1, 0.15) is 5.56 Å². The molecule has 0 atom stereocenters. The van der Waals surface area contributed by atoms with Gasteiger partial charge in [0.2, 0.25) is 10.0 Å². The van der Waals surface area contributed by atoms with E-state index in [0.717, 1.165) is 5.56 Å². The molecule has 3 rings (SSSR count). The van der Waals surface area contributed by atoms with E-state index < -0.39 is 10.0 Å². The highest BCUT2D eigenvalue weighted by atomic mass is 32.2. The molecule has 132 valence electrons. The monoisotopic (exact) mass is 362 g/mol. The van der Waals surface area contributed by atoms with Crippen molar-refractivity contribution in [2.45, 2.75) is 11.4 Å². The van der Waals surface area contributed by atoms with Gasteiger partial charge < -0.3 is 15.2 Å². The average molecular weight is 362 g/mol. The van der Waals surface area contributed by atoms with Gasteiger partial charge in [-0.15, -0.1) is 0 Å². The fourth-order valence-electron chi connectivity index (χ4n) is 2.55. The fraction of sp³-hybridized carbons (Fsp3) is 0.235. The Morgan fingerprint density at radius 2 is 1.92 bits per heavy atom. The van der Waals surface area contributed by atoms with Gasteiger partial charge >= 0.3 is 0 Å². The third kappa shape index (κ3) is 3.81. The van der Waals surface area contributed by atoms with Gasteiger partial charge in [0.1, 0.15) is 5.75 Å². The highest BCUT2D eigenvalue weighted by Gasteiger charge is 2.26. The minimum atomic E-state index is -3.83. The molecule has 0 radical (unpaired) electrons. The lowest BCUT2D eigenvalue weighted by atomic mass is 10.2. The zero-order chi connectivity index (χ0) is 17.9. The number of fused-ring (bicyclic) bond motifs is 1. The van der Waals surface area contributed by atoms with Crippen LogP contribution >= 0.6 is 0 Å². The molecule has 2 aromatic carbocycles. The molecule has 2 aromatic rings. The Morgan fingerprint density at radius 1 is 1.16 bits per heavy atom. The largest absolute Gasteiger partial charge is 0.482 e. The van der Waals surface area contributed by atoms with Gasteiger partial charge in [-0.2, -0.15) is 4.31 Å². The first-order chi connectivity index (χ1) is 12.0. The second-order valence-electron chi connectivity index (χ2n) is 5.54. The molecule has 1 amide bonds. The Kier molecular flexibility index (Phi) is 5.03. The maximum Gasteiger partial charge on any atom is 0.262 e. The van der Waals surface area contributed by atoms with Gasteiger partial charge in [0, 0.05) is 19.2 Å². The lowest BCUT2D eigenvalue weighted by molar-refractivity contribution is -0.118. The van der Waals surface area contributed by atoms with Crippen molar-refractivity contribution in [1.29, 1.82) is 0 Å². The van der Waals surface area contributed by atoms with Crippen LogP contribution in [0.3, 0.4) is 0 Å². The van der Waals surface area contributed by atoms with Crippen LogP contribution in [0.15, 0.2) is 53.4 Å². The highest BCUT2D eigenvalue weighted by Crippen LogP contribution is 2.31. The quantitative estimate of drug-likeness (QED) is 0.805. The summed E-state index contributed by atoms with van der Waals surface area (Å²) >= 11 is 0. The first-order valence-electron chi connectivity index (χ1n) is 7.72. The molecular formula is C17H18N2O5S. The van der Waals surface area contributed by atoms with Gasteiger partial charge in [0.05, 0.1) is 17.2 Å². The molecule has 0 fully saturated rings. The maximum absolute atomic E-state index is 12.9. The number of benzene rings is 2. The molecule has 0 bridgehead atoms. The Hall–Kier alpha value is -2.42. The van der Waals surface area contributed by atoms with E-state index in [9.17, 15) is 18.3 Å². The minimum Gasteiger partial charge on any atom is -0.482 e. The summed E-state index contributed by atoms with van der Waals surface area (Å²) in [6, 6.07) is 13.5. The number of nitrogens with one attached hydrogen (secondary N) is 1. The Morgan fingerprint density at radius 3 is 2.64 bits per heavy atom. The summed E-state index contributed by atoms with van der Waals surface area (Å²) in [5.74, 6) is 0.0263. The Balaban J connectivity index is 1.91. The average Bonchev–Trinajstić information content (AvgIpc) is 2.61. The topological polar surface area (TPSA) is 95.9 Å². The molecule has 1 aliphatic heterocycles. The minimum absolute atomic E-state index is 0.0219. The summed E-state index contributed by atoms with van der Waals surface area (Å²) in [7, 11) is -3.83. The van der Waals surface area contributed by atoms with E-state index in [1.807, 2.05) is 30.3 Å². The molecule has 1 aliphatic rings. The molecule has 0 spiro atoms. The summed E-state index contributed by atoms with van der Waals surface area (Å²) in [6.45, 7) is -0.311. The fourth-order valence-corrected chi connectivity index (χ4v) is 3.98. The van der Waals surface area contributed by atoms with Crippen molar-refractivity contribution >= 4 is 21.6 Å². The van der Waals surface area contributed by atoms with Crippen LogP contribution < -0.4 is 10.1 Å². The molecule has 25 heavy (non-hydrogen) atoms. The summed E-state index contributed by atoms with van der Waals surface area (Å²) < 4.78 is 32.4. The van der Waals surface area contributed by atoms with Crippen LogP contribution in [0.25, 0.3) is 0 Å². The molecule has 7 nitrogen and oxygen atoms in total. The molecule has 0 saturated carbocycles. The standard InChI is InChI=1S/C17H18N2O5S/c20-9-8-19(11-13-4-2-1-3-5-13)25(22,23)14-6-7-15-16(10-14)24-12-17(21)18-15/h1-7,10,20H,8-9,11-12H2,(H,18,21). The number of ether oxygens (including phenoxy) is 1. The van der Waals surface area contributed by atoms with Crippen LogP contribution in [0.4, 0.5) is 5.69 Å². The first-order valence-corrected chi connectivity index (χ1v) is 9.16. The number of anilines is 1. The third-order valence-electron chi connectivity index (χ3n) is 3.77. The molecule has 0 aromatic heterocycles. The van der Waals surface area contributed by atoms with Crippen molar-refractivity contribution in [1.82, 2.24) is 4.31 Å². The van der Waals surface area contributed by atoms with E-state index in [-0.39, 0.29) is 37.1 Å². The number of sulfonamides is 1. The van der Waals surface area contributed by atoms with E-state index in [2.05, 4.69) is 5.32 Å². The number of hydrogen-bond acceptors (Lipinski definition) is 5. The SMILES string of the molecule is O=C1COc2cc(S(=O)(=O)N(CCO)Cc3ccccc3)ccc2N1. The number of aliphatic hydroxyl groups excluding tert-OH is 1. The number of rotatable bonds is 6. The van der Waals surface area contributed by atoms with Gasteiger partial charge in [-0.1, -0.05) is 30.3 Å². The van der Waals surface area contributed by atoms with E-state index in [1.54, 1.807) is 0 Å². The van der Waals surface area contributed by atoms with Crippen molar-refractivity contribution in [2.75, 3.05) is 25.1 Å². The van der Waals surface area contributed by atoms with Crippen molar-refractivity contribution in [3.8, 4) is 5.75 Å². The van der Waals surface area contributed by atoms with E-state index in [4.69, 9.17) is 4.74 Å². The molecule has 8 heteroatoms. The van der Waals surface area contributed by atoms with Gasteiger partial charge in [0.25, 0.3) is 5.91 Å². The van der Waals surface area contributed by atoms with Crippen molar-refractivity contribution in [3.63, 3.8) is 0 Å². The van der Waals surface area contributed by atoms with Crippen LogP contribution in [-0.2, 0) is 21.4 Å². The second-order valence-corrected chi connectivity index (χ2v) is 7.48. The number of aliphatic hydroxyl groups is 1. The predicted octanol–water partition coefficient (Wildman–Crippen LogP) is 1.20. The number of amides is 1. The Labute approximate surface area is 145 Å². The summed E-state index contributed by atoms with van der Waals surface area (Å²) in [5, 5.41) is 11.9. The van der Waals surface area contributed by atoms with E-state index in [0.29, 0.717) is 11.4 Å². The lowest BCUT2D eigenvalue weighted by Crippen LogP contribution is -2.33. The number of hydrogen-bond donors (Lipinski definition) is 2. The number of nitrogens with zero attached hydrogens (tertiary/aromatic N) is 1. The molecule has 0 unspecified atom stereocenters. The van der Waals surface area contributed by atoms with Gasteiger partial charge in [-0.25, -0.2) is 8.42 Å². The van der Waals surface area contributed by atoms with Gasteiger partial charge in [-0.05, 0) is 17.7 Å². The second kappa shape index (κ2) is 7.22. The molecule has 1 heterocycles. The van der Waals surface area contributed by atoms with E-state index >= 15 is 0 Å².